The lowest BCUT2D eigenvalue weighted by atomic mass is 10.2. The SMILES string of the molecule is CC(NC(=O)CN1C(=O)S/C(=C\c2ccc(Br)cc2)C1=O)C(=O)O. The standard InChI is InChI=1S/C15H13BrN2O5S/c1-8(14(21)22)17-12(19)7-18-13(20)11(24-15(18)23)6-9-2-4-10(16)5-3-9/h2-6,8H,7H2,1H3,(H,17,19)(H,21,22)/b11-6-. The summed E-state index contributed by atoms with van der Waals surface area (Å²) in [5.41, 5.74) is 0.743. The molecule has 0 spiro atoms. The molecule has 1 fully saturated rings. The molecule has 1 aliphatic rings. The van der Waals surface area contributed by atoms with Crippen LogP contribution in [0.25, 0.3) is 6.08 Å². The molecule has 9 heteroatoms. The fourth-order valence-electron chi connectivity index (χ4n) is 1.84. The van der Waals surface area contributed by atoms with Gasteiger partial charge in [0.25, 0.3) is 11.1 Å². The number of amides is 3. The Kier molecular flexibility index (Phi) is 5.79. The first-order valence-electron chi connectivity index (χ1n) is 6.81. The number of benzene rings is 1. The molecule has 1 unspecified atom stereocenters. The summed E-state index contributed by atoms with van der Waals surface area (Å²) in [6.45, 7) is 0.779. The van der Waals surface area contributed by atoms with Crippen LogP contribution in [0.5, 0.6) is 0 Å². The van der Waals surface area contributed by atoms with E-state index in [-0.39, 0.29) is 4.91 Å². The highest BCUT2D eigenvalue weighted by Gasteiger charge is 2.36. The number of halogens is 1. The smallest absolute Gasteiger partial charge is 0.325 e. The van der Waals surface area contributed by atoms with Gasteiger partial charge in [0.05, 0.1) is 4.91 Å². The van der Waals surface area contributed by atoms with E-state index >= 15 is 0 Å². The van der Waals surface area contributed by atoms with Crippen LogP contribution < -0.4 is 5.32 Å². The fraction of sp³-hybridized carbons (Fsp3) is 0.200. The van der Waals surface area contributed by atoms with E-state index in [1.54, 1.807) is 30.3 Å². The van der Waals surface area contributed by atoms with Gasteiger partial charge in [-0.15, -0.1) is 0 Å². The van der Waals surface area contributed by atoms with Crippen molar-refractivity contribution in [2.24, 2.45) is 0 Å². The Morgan fingerprint density at radius 3 is 2.54 bits per heavy atom. The van der Waals surface area contributed by atoms with Gasteiger partial charge in [-0.25, -0.2) is 0 Å². The monoisotopic (exact) mass is 412 g/mol. The van der Waals surface area contributed by atoms with E-state index in [4.69, 9.17) is 5.11 Å². The molecule has 2 N–H and O–H groups in total. The van der Waals surface area contributed by atoms with E-state index in [9.17, 15) is 19.2 Å². The van der Waals surface area contributed by atoms with Crippen molar-refractivity contribution in [3.8, 4) is 0 Å². The van der Waals surface area contributed by atoms with Gasteiger partial charge in [0.15, 0.2) is 0 Å². The minimum Gasteiger partial charge on any atom is -0.480 e. The zero-order valence-corrected chi connectivity index (χ0v) is 14.9. The summed E-state index contributed by atoms with van der Waals surface area (Å²) in [5.74, 6) is -2.49. The minimum atomic E-state index is -1.20. The Balaban J connectivity index is 2.07. The summed E-state index contributed by atoms with van der Waals surface area (Å²) in [7, 11) is 0. The summed E-state index contributed by atoms with van der Waals surface area (Å²) in [4.78, 5) is 47.6. The lowest BCUT2D eigenvalue weighted by molar-refractivity contribution is -0.141. The van der Waals surface area contributed by atoms with Gasteiger partial charge in [0.1, 0.15) is 12.6 Å². The molecule has 1 aromatic carbocycles. The zero-order chi connectivity index (χ0) is 17.9. The second kappa shape index (κ2) is 7.63. The third-order valence-corrected chi connectivity index (χ3v) is 4.53. The van der Waals surface area contributed by atoms with Crippen LogP contribution in [0, 0.1) is 0 Å². The van der Waals surface area contributed by atoms with Crippen molar-refractivity contribution in [3.63, 3.8) is 0 Å². The third-order valence-electron chi connectivity index (χ3n) is 3.09. The summed E-state index contributed by atoms with van der Waals surface area (Å²) >= 11 is 4.04. The summed E-state index contributed by atoms with van der Waals surface area (Å²) in [5, 5.41) is 10.4. The van der Waals surface area contributed by atoms with Gasteiger partial charge >= 0.3 is 5.97 Å². The predicted octanol–water partition coefficient (Wildman–Crippen LogP) is 2.07. The maximum absolute atomic E-state index is 12.3. The van der Waals surface area contributed by atoms with Gasteiger partial charge < -0.3 is 10.4 Å². The summed E-state index contributed by atoms with van der Waals surface area (Å²) in [6.07, 6.45) is 1.56. The molecular formula is C15H13BrN2O5S. The van der Waals surface area contributed by atoms with Gasteiger partial charge in [0, 0.05) is 4.47 Å². The Morgan fingerprint density at radius 1 is 1.33 bits per heavy atom. The van der Waals surface area contributed by atoms with Gasteiger partial charge in [-0.1, -0.05) is 28.1 Å². The molecule has 0 radical (unpaired) electrons. The van der Waals surface area contributed by atoms with Crippen LogP contribution in [0.1, 0.15) is 12.5 Å². The van der Waals surface area contributed by atoms with Crippen molar-refractivity contribution in [1.29, 1.82) is 0 Å². The molecule has 1 heterocycles. The highest BCUT2D eigenvalue weighted by molar-refractivity contribution is 9.10. The average Bonchev–Trinajstić information content (AvgIpc) is 2.77. The molecular weight excluding hydrogens is 400 g/mol. The number of hydrogen-bond acceptors (Lipinski definition) is 5. The van der Waals surface area contributed by atoms with E-state index in [2.05, 4.69) is 21.2 Å². The third kappa shape index (κ3) is 4.45. The predicted molar refractivity (Wildman–Crippen MR) is 92.1 cm³/mol. The topological polar surface area (TPSA) is 104 Å². The van der Waals surface area contributed by atoms with E-state index in [1.165, 1.54) is 6.92 Å². The number of carboxylic acid groups (broad SMARTS) is 1. The van der Waals surface area contributed by atoms with Crippen LogP contribution in [-0.4, -0.2) is 45.6 Å². The Hall–Kier alpha value is -2.13. The van der Waals surface area contributed by atoms with Crippen molar-refractivity contribution in [1.82, 2.24) is 10.2 Å². The molecule has 1 atom stereocenters. The van der Waals surface area contributed by atoms with Crippen molar-refractivity contribution in [2.45, 2.75) is 13.0 Å². The first-order valence-corrected chi connectivity index (χ1v) is 8.42. The highest BCUT2D eigenvalue weighted by Crippen LogP contribution is 2.32. The van der Waals surface area contributed by atoms with Gasteiger partial charge in [-0.2, -0.15) is 0 Å². The zero-order valence-electron chi connectivity index (χ0n) is 12.5. The average molecular weight is 413 g/mol. The molecule has 7 nitrogen and oxygen atoms in total. The fourth-order valence-corrected chi connectivity index (χ4v) is 2.94. The number of carbonyl (C=O) groups is 4. The molecule has 3 amide bonds. The number of imide groups is 1. The van der Waals surface area contributed by atoms with Crippen LogP contribution in [0.15, 0.2) is 33.6 Å². The van der Waals surface area contributed by atoms with Crippen LogP contribution in [0.2, 0.25) is 0 Å². The number of hydrogen-bond donors (Lipinski definition) is 2. The number of nitrogens with one attached hydrogen (secondary N) is 1. The number of rotatable bonds is 5. The molecule has 0 aromatic heterocycles. The van der Waals surface area contributed by atoms with Crippen molar-refractivity contribution < 1.29 is 24.3 Å². The first-order chi connectivity index (χ1) is 11.3. The molecule has 24 heavy (non-hydrogen) atoms. The van der Waals surface area contributed by atoms with Crippen LogP contribution in [-0.2, 0) is 14.4 Å². The molecule has 1 aromatic rings. The number of aliphatic carboxylic acids is 1. The van der Waals surface area contributed by atoms with E-state index in [1.807, 2.05) is 0 Å². The molecule has 0 aliphatic carbocycles. The van der Waals surface area contributed by atoms with E-state index < -0.39 is 35.6 Å². The Morgan fingerprint density at radius 2 is 1.96 bits per heavy atom. The normalized spacial score (nSPS) is 17.2. The largest absolute Gasteiger partial charge is 0.480 e. The Labute approximate surface area is 150 Å². The summed E-state index contributed by atoms with van der Waals surface area (Å²) < 4.78 is 0.886. The van der Waals surface area contributed by atoms with Crippen LogP contribution >= 0.6 is 27.7 Å². The van der Waals surface area contributed by atoms with Crippen molar-refractivity contribution in [2.75, 3.05) is 6.54 Å². The molecule has 1 saturated heterocycles. The van der Waals surface area contributed by atoms with Gasteiger partial charge in [0.2, 0.25) is 5.91 Å². The Bertz CT molecular complexity index is 732. The van der Waals surface area contributed by atoms with E-state index in [0.29, 0.717) is 0 Å². The second-order valence-corrected chi connectivity index (χ2v) is 6.86. The maximum Gasteiger partial charge on any atom is 0.325 e. The quantitative estimate of drug-likeness (QED) is 0.717. The van der Waals surface area contributed by atoms with Crippen molar-refractivity contribution >= 4 is 56.8 Å². The number of nitrogens with zero attached hydrogens (tertiary/aromatic N) is 1. The summed E-state index contributed by atoms with van der Waals surface area (Å²) in [6, 6.07) is 6.06. The second-order valence-electron chi connectivity index (χ2n) is 4.95. The first kappa shape index (κ1) is 18.2. The molecule has 0 saturated carbocycles. The number of thioether (sulfide) groups is 1. The molecule has 0 bridgehead atoms. The number of carboxylic acids is 1. The molecule has 1 aliphatic heterocycles. The molecule has 126 valence electrons. The van der Waals surface area contributed by atoms with Gasteiger partial charge in [-0.05, 0) is 42.5 Å². The maximum atomic E-state index is 12.3. The van der Waals surface area contributed by atoms with Gasteiger partial charge in [-0.3, -0.25) is 24.1 Å². The lowest BCUT2D eigenvalue weighted by Gasteiger charge is -2.14. The minimum absolute atomic E-state index is 0.210. The van der Waals surface area contributed by atoms with Crippen molar-refractivity contribution in [3.05, 3.63) is 39.2 Å². The van der Waals surface area contributed by atoms with Crippen LogP contribution in [0.3, 0.4) is 0 Å². The number of carbonyl (C=O) groups excluding carboxylic acids is 3. The van der Waals surface area contributed by atoms with E-state index in [0.717, 1.165) is 26.7 Å². The lowest BCUT2D eigenvalue weighted by Crippen LogP contribution is -2.45. The molecule has 2 rings (SSSR count). The van der Waals surface area contributed by atoms with Crippen LogP contribution in [0.4, 0.5) is 4.79 Å². The highest BCUT2D eigenvalue weighted by atomic mass is 79.9.